The molecule has 9 heteroatoms. The summed E-state index contributed by atoms with van der Waals surface area (Å²) in [6, 6.07) is 6.09. The highest BCUT2D eigenvalue weighted by Gasteiger charge is 2.18. The molecule has 0 saturated heterocycles. The van der Waals surface area contributed by atoms with Crippen molar-refractivity contribution in [2.24, 2.45) is 5.73 Å². The number of hydrogen-bond donors (Lipinski definition) is 2. The summed E-state index contributed by atoms with van der Waals surface area (Å²) >= 11 is 1.04. The van der Waals surface area contributed by atoms with E-state index >= 15 is 0 Å². The van der Waals surface area contributed by atoms with Crippen LogP contribution in [0.1, 0.15) is 0 Å². The first-order chi connectivity index (χ1) is 9.49. The molecule has 0 spiro atoms. The van der Waals surface area contributed by atoms with Crippen LogP contribution in [0.4, 0.5) is 10.8 Å². The van der Waals surface area contributed by atoms with Crippen LogP contribution in [0.2, 0.25) is 0 Å². The number of hydrogen-bond acceptors (Lipinski definition) is 6. The molecule has 1 heterocycles. The Morgan fingerprint density at radius 1 is 1.35 bits per heavy atom. The van der Waals surface area contributed by atoms with Crippen LogP contribution >= 0.6 is 11.3 Å². The van der Waals surface area contributed by atoms with E-state index < -0.39 is 16.7 Å². The number of nitrogens with one attached hydrogen (secondary N) is 1. The molecule has 1 aromatic heterocycles. The summed E-state index contributed by atoms with van der Waals surface area (Å²) in [4.78, 5) is 36.1. The third-order valence-electron chi connectivity index (χ3n) is 2.33. The zero-order chi connectivity index (χ0) is 14.7. The summed E-state index contributed by atoms with van der Waals surface area (Å²) in [6.07, 6.45) is 0. The molecule has 0 aliphatic heterocycles. The Labute approximate surface area is 116 Å². The van der Waals surface area contributed by atoms with Crippen molar-refractivity contribution in [3.05, 3.63) is 39.8 Å². The second kappa shape index (κ2) is 5.45. The minimum absolute atomic E-state index is 0.0921. The van der Waals surface area contributed by atoms with Crippen LogP contribution in [0.25, 0.3) is 11.3 Å². The molecule has 2 amide bonds. The van der Waals surface area contributed by atoms with Gasteiger partial charge >= 0.3 is 11.8 Å². The van der Waals surface area contributed by atoms with Gasteiger partial charge in [-0.1, -0.05) is 12.1 Å². The van der Waals surface area contributed by atoms with Gasteiger partial charge in [0, 0.05) is 11.4 Å². The van der Waals surface area contributed by atoms with E-state index in [2.05, 4.69) is 10.3 Å². The number of thiazole rings is 1. The topological polar surface area (TPSA) is 128 Å². The van der Waals surface area contributed by atoms with E-state index in [1.165, 1.54) is 6.07 Å². The van der Waals surface area contributed by atoms with Crippen molar-refractivity contribution >= 4 is 34.0 Å². The van der Waals surface area contributed by atoms with Crippen molar-refractivity contribution in [2.75, 3.05) is 5.32 Å². The van der Waals surface area contributed by atoms with E-state index in [9.17, 15) is 19.7 Å². The molecule has 0 aliphatic rings. The van der Waals surface area contributed by atoms with Gasteiger partial charge in [0.15, 0.2) is 5.13 Å². The van der Waals surface area contributed by atoms with E-state index in [1.807, 2.05) is 0 Å². The van der Waals surface area contributed by atoms with Gasteiger partial charge in [-0.05, 0) is 6.07 Å². The van der Waals surface area contributed by atoms with E-state index in [0.29, 0.717) is 11.3 Å². The first-order valence-corrected chi connectivity index (χ1v) is 6.17. The summed E-state index contributed by atoms with van der Waals surface area (Å²) in [5.41, 5.74) is 5.37. The molecule has 8 nitrogen and oxygen atoms in total. The normalized spacial score (nSPS) is 10.0. The average molecular weight is 292 g/mol. The summed E-state index contributed by atoms with van der Waals surface area (Å²) in [5.74, 6) is -2.12. The number of carbonyl (C=O) groups excluding carboxylic acids is 2. The maximum absolute atomic E-state index is 11.1. The van der Waals surface area contributed by atoms with Crippen LogP contribution < -0.4 is 11.1 Å². The maximum Gasteiger partial charge on any atom is 0.315 e. The molecule has 20 heavy (non-hydrogen) atoms. The number of para-hydroxylation sites is 1. The number of benzene rings is 1. The maximum atomic E-state index is 11.1. The summed E-state index contributed by atoms with van der Waals surface area (Å²) in [7, 11) is 0. The standard InChI is InChI=1S/C11H8N4O4S/c12-9(16)10(17)14-11-13-7(5-20-11)6-3-1-2-4-8(6)15(18)19/h1-5H,(H2,12,16)(H,13,14,17). The largest absolute Gasteiger partial charge is 0.361 e. The molecule has 0 radical (unpaired) electrons. The van der Waals surface area contributed by atoms with Gasteiger partial charge in [0.25, 0.3) is 5.69 Å². The lowest BCUT2D eigenvalue weighted by Crippen LogP contribution is -2.29. The lowest BCUT2D eigenvalue weighted by atomic mass is 10.1. The molecule has 0 atom stereocenters. The minimum atomic E-state index is -1.13. The lowest BCUT2D eigenvalue weighted by molar-refractivity contribution is -0.384. The van der Waals surface area contributed by atoms with Crippen LogP contribution in [0.15, 0.2) is 29.6 Å². The number of nitro benzene ring substituents is 1. The highest BCUT2D eigenvalue weighted by molar-refractivity contribution is 7.14. The van der Waals surface area contributed by atoms with Crippen molar-refractivity contribution < 1.29 is 14.5 Å². The fourth-order valence-corrected chi connectivity index (χ4v) is 2.17. The quantitative estimate of drug-likeness (QED) is 0.498. The van der Waals surface area contributed by atoms with Crippen molar-refractivity contribution in [3.8, 4) is 11.3 Å². The third-order valence-corrected chi connectivity index (χ3v) is 3.08. The molecule has 1 aromatic carbocycles. The van der Waals surface area contributed by atoms with E-state index in [-0.39, 0.29) is 10.8 Å². The fraction of sp³-hybridized carbons (Fsp3) is 0. The van der Waals surface area contributed by atoms with Gasteiger partial charge in [-0.25, -0.2) is 4.98 Å². The number of anilines is 1. The van der Waals surface area contributed by atoms with Crippen molar-refractivity contribution in [1.82, 2.24) is 4.98 Å². The molecule has 0 unspecified atom stereocenters. The number of aromatic nitrogens is 1. The van der Waals surface area contributed by atoms with Gasteiger partial charge < -0.3 is 5.73 Å². The molecular weight excluding hydrogens is 284 g/mol. The molecule has 2 aromatic rings. The number of rotatable bonds is 3. The van der Waals surface area contributed by atoms with Gasteiger partial charge in [0.1, 0.15) is 0 Å². The molecule has 2 rings (SSSR count). The number of amides is 2. The molecular formula is C11H8N4O4S. The second-order valence-electron chi connectivity index (χ2n) is 3.63. The number of carbonyl (C=O) groups is 2. The van der Waals surface area contributed by atoms with Crippen LogP contribution in [0.3, 0.4) is 0 Å². The molecule has 0 fully saturated rings. The van der Waals surface area contributed by atoms with Crippen LogP contribution in [0, 0.1) is 10.1 Å². The van der Waals surface area contributed by atoms with Crippen molar-refractivity contribution in [3.63, 3.8) is 0 Å². The summed E-state index contributed by atoms with van der Waals surface area (Å²) in [6.45, 7) is 0. The smallest absolute Gasteiger partial charge is 0.315 e. The monoisotopic (exact) mass is 292 g/mol. The first-order valence-electron chi connectivity index (χ1n) is 5.29. The molecule has 0 aliphatic carbocycles. The molecule has 102 valence electrons. The number of primary amides is 1. The van der Waals surface area contributed by atoms with Gasteiger partial charge in [0.05, 0.1) is 16.2 Å². The SMILES string of the molecule is NC(=O)C(=O)Nc1nc(-c2ccccc2[N+](=O)[O-])cs1. The average Bonchev–Trinajstić information content (AvgIpc) is 2.87. The van der Waals surface area contributed by atoms with Crippen LogP contribution in [-0.2, 0) is 9.59 Å². The Morgan fingerprint density at radius 3 is 2.70 bits per heavy atom. The van der Waals surface area contributed by atoms with Crippen molar-refractivity contribution in [2.45, 2.75) is 0 Å². The molecule has 0 bridgehead atoms. The van der Waals surface area contributed by atoms with Gasteiger partial charge in [-0.2, -0.15) is 0 Å². The minimum Gasteiger partial charge on any atom is -0.361 e. The predicted molar refractivity (Wildman–Crippen MR) is 72.0 cm³/mol. The Morgan fingerprint density at radius 2 is 2.05 bits per heavy atom. The Hall–Kier alpha value is -2.81. The first kappa shape index (κ1) is 13.6. The van der Waals surface area contributed by atoms with Gasteiger partial charge in [-0.3, -0.25) is 25.0 Å². The summed E-state index contributed by atoms with van der Waals surface area (Å²) in [5, 5.41) is 14.8. The van der Waals surface area contributed by atoms with E-state index in [0.717, 1.165) is 11.3 Å². The summed E-state index contributed by atoms with van der Waals surface area (Å²) < 4.78 is 0. The number of nitrogens with zero attached hydrogens (tertiary/aromatic N) is 2. The molecule has 3 N–H and O–H groups in total. The number of nitrogens with two attached hydrogens (primary N) is 1. The zero-order valence-corrected chi connectivity index (χ0v) is 10.7. The number of nitro groups is 1. The van der Waals surface area contributed by atoms with Gasteiger partial charge in [0.2, 0.25) is 0 Å². The second-order valence-corrected chi connectivity index (χ2v) is 4.49. The van der Waals surface area contributed by atoms with E-state index in [4.69, 9.17) is 5.73 Å². The highest BCUT2D eigenvalue weighted by atomic mass is 32.1. The molecule has 0 saturated carbocycles. The lowest BCUT2D eigenvalue weighted by Gasteiger charge is -1.99. The van der Waals surface area contributed by atoms with Crippen LogP contribution in [-0.4, -0.2) is 21.7 Å². The van der Waals surface area contributed by atoms with Crippen LogP contribution in [0.5, 0.6) is 0 Å². The van der Waals surface area contributed by atoms with Crippen molar-refractivity contribution in [1.29, 1.82) is 0 Å². The zero-order valence-electron chi connectivity index (χ0n) is 9.90. The van der Waals surface area contributed by atoms with Gasteiger partial charge in [-0.15, -0.1) is 11.3 Å². The Kier molecular flexibility index (Phi) is 3.71. The highest BCUT2D eigenvalue weighted by Crippen LogP contribution is 2.31. The third kappa shape index (κ3) is 2.78. The fourth-order valence-electron chi connectivity index (χ4n) is 1.46. The van der Waals surface area contributed by atoms with E-state index in [1.54, 1.807) is 23.6 Å². The Bertz CT molecular complexity index is 697. The Balaban J connectivity index is 2.32. The predicted octanol–water partition coefficient (Wildman–Crippen LogP) is 1.14.